The molecule has 0 saturated heterocycles. The summed E-state index contributed by atoms with van der Waals surface area (Å²) < 4.78 is 25.0. The van der Waals surface area contributed by atoms with Gasteiger partial charge in [0.05, 0.1) is 11.9 Å². The van der Waals surface area contributed by atoms with Gasteiger partial charge in [-0.3, -0.25) is 0 Å². The first-order valence-electron chi connectivity index (χ1n) is 3.98. The average Bonchev–Trinajstić information content (AvgIpc) is 2.66. The molecule has 2 aromatic rings. The van der Waals surface area contributed by atoms with E-state index in [0.717, 1.165) is 0 Å². The van der Waals surface area contributed by atoms with Gasteiger partial charge in [0.2, 0.25) is 5.28 Å². The SMILES string of the molecule is FC(F)n1cc(-c2ccnc(Cl)n2)cn1. The molecule has 0 aromatic carbocycles. The molecule has 0 aliphatic carbocycles. The first kappa shape index (κ1) is 9.97. The summed E-state index contributed by atoms with van der Waals surface area (Å²) in [4.78, 5) is 7.56. The molecule has 0 aliphatic heterocycles. The first-order valence-corrected chi connectivity index (χ1v) is 4.36. The van der Waals surface area contributed by atoms with E-state index in [1.165, 1.54) is 18.6 Å². The summed E-state index contributed by atoms with van der Waals surface area (Å²) in [5.41, 5.74) is 0.932. The summed E-state index contributed by atoms with van der Waals surface area (Å²) in [6, 6.07) is 1.57. The highest BCUT2D eigenvalue weighted by atomic mass is 35.5. The van der Waals surface area contributed by atoms with Crippen molar-refractivity contribution in [2.24, 2.45) is 0 Å². The van der Waals surface area contributed by atoms with Crippen molar-refractivity contribution in [3.63, 3.8) is 0 Å². The van der Waals surface area contributed by atoms with Crippen LogP contribution in [0.4, 0.5) is 8.78 Å². The Bertz CT molecular complexity index is 471. The van der Waals surface area contributed by atoms with E-state index in [2.05, 4.69) is 15.1 Å². The Balaban J connectivity index is 2.37. The third-order valence-electron chi connectivity index (χ3n) is 1.72. The maximum absolute atomic E-state index is 12.2. The third kappa shape index (κ3) is 2.10. The number of aromatic nitrogens is 4. The van der Waals surface area contributed by atoms with Crippen LogP contribution >= 0.6 is 11.6 Å². The molecule has 4 nitrogen and oxygen atoms in total. The molecule has 0 fully saturated rings. The molecule has 15 heavy (non-hydrogen) atoms. The summed E-state index contributed by atoms with van der Waals surface area (Å²) >= 11 is 5.57. The molecule has 0 N–H and O–H groups in total. The number of hydrogen-bond acceptors (Lipinski definition) is 3. The van der Waals surface area contributed by atoms with Crippen LogP contribution in [0.5, 0.6) is 0 Å². The molecular weight excluding hydrogens is 226 g/mol. The lowest BCUT2D eigenvalue weighted by Crippen LogP contribution is -1.96. The summed E-state index contributed by atoms with van der Waals surface area (Å²) in [5, 5.41) is 3.55. The van der Waals surface area contributed by atoms with Crippen LogP contribution in [0.2, 0.25) is 5.28 Å². The second-order valence-corrected chi connectivity index (χ2v) is 3.04. The van der Waals surface area contributed by atoms with Crippen molar-refractivity contribution < 1.29 is 8.78 Å². The van der Waals surface area contributed by atoms with Gasteiger partial charge in [-0.15, -0.1) is 0 Å². The van der Waals surface area contributed by atoms with Crippen LogP contribution in [0.25, 0.3) is 11.3 Å². The topological polar surface area (TPSA) is 43.6 Å². The van der Waals surface area contributed by atoms with E-state index in [-0.39, 0.29) is 5.28 Å². The van der Waals surface area contributed by atoms with Gasteiger partial charge < -0.3 is 0 Å². The predicted octanol–water partition coefficient (Wildman–Crippen LogP) is 2.39. The molecule has 0 saturated carbocycles. The fraction of sp³-hybridized carbons (Fsp3) is 0.125. The van der Waals surface area contributed by atoms with Gasteiger partial charge in [-0.05, 0) is 17.7 Å². The minimum Gasteiger partial charge on any atom is -0.226 e. The molecule has 0 radical (unpaired) electrons. The van der Waals surface area contributed by atoms with Gasteiger partial charge in [-0.25, -0.2) is 14.6 Å². The molecule has 0 bridgehead atoms. The third-order valence-corrected chi connectivity index (χ3v) is 1.91. The summed E-state index contributed by atoms with van der Waals surface area (Å²) in [6.07, 6.45) is 3.94. The van der Waals surface area contributed by atoms with E-state index >= 15 is 0 Å². The average molecular weight is 231 g/mol. The van der Waals surface area contributed by atoms with Crippen molar-refractivity contribution in [2.45, 2.75) is 6.55 Å². The quantitative estimate of drug-likeness (QED) is 0.744. The zero-order valence-corrected chi connectivity index (χ0v) is 8.07. The molecule has 2 aromatic heterocycles. The van der Waals surface area contributed by atoms with Gasteiger partial charge in [0.25, 0.3) is 0 Å². The highest BCUT2D eigenvalue weighted by Gasteiger charge is 2.09. The molecular formula is C8H5ClF2N4. The van der Waals surface area contributed by atoms with Gasteiger partial charge >= 0.3 is 6.55 Å². The largest absolute Gasteiger partial charge is 0.333 e. The van der Waals surface area contributed by atoms with E-state index in [1.54, 1.807) is 6.07 Å². The normalized spacial score (nSPS) is 10.9. The van der Waals surface area contributed by atoms with Crippen LogP contribution in [-0.4, -0.2) is 19.7 Å². The van der Waals surface area contributed by atoms with Crippen molar-refractivity contribution in [1.29, 1.82) is 0 Å². The second kappa shape index (κ2) is 3.90. The molecule has 0 unspecified atom stereocenters. The van der Waals surface area contributed by atoms with Crippen molar-refractivity contribution in [1.82, 2.24) is 19.7 Å². The van der Waals surface area contributed by atoms with E-state index in [0.29, 0.717) is 15.9 Å². The highest BCUT2D eigenvalue weighted by Crippen LogP contribution is 2.19. The van der Waals surface area contributed by atoms with E-state index in [4.69, 9.17) is 11.6 Å². The minimum absolute atomic E-state index is 0.0669. The van der Waals surface area contributed by atoms with Gasteiger partial charge in [0.15, 0.2) is 0 Å². The van der Waals surface area contributed by atoms with Crippen molar-refractivity contribution in [2.75, 3.05) is 0 Å². The molecule has 0 amide bonds. The lowest BCUT2D eigenvalue weighted by atomic mass is 10.2. The predicted molar refractivity (Wildman–Crippen MR) is 49.5 cm³/mol. The van der Waals surface area contributed by atoms with Crippen molar-refractivity contribution in [3.8, 4) is 11.3 Å². The minimum atomic E-state index is -2.66. The van der Waals surface area contributed by atoms with Crippen LogP contribution in [0.3, 0.4) is 0 Å². The first-order chi connectivity index (χ1) is 7.16. The smallest absolute Gasteiger partial charge is 0.226 e. The van der Waals surface area contributed by atoms with Crippen LogP contribution in [0.15, 0.2) is 24.7 Å². The molecule has 2 heterocycles. The van der Waals surface area contributed by atoms with Crippen molar-refractivity contribution >= 4 is 11.6 Å². The van der Waals surface area contributed by atoms with Crippen LogP contribution < -0.4 is 0 Å². The molecule has 78 valence electrons. The number of hydrogen-bond donors (Lipinski definition) is 0. The molecule has 2 rings (SSSR count). The van der Waals surface area contributed by atoms with Crippen LogP contribution in [-0.2, 0) is 0 Å². The lowest BCUT2D eigenvalue weighted by molar-refractivity contribution is 0.0566. The standard InChI is InChI=1S/C8H5ClF2N4/c9-7-12-2-1-6(14-7)5-3-13-15(4-5)8(10)11/h1-4,8H. The maximum atomic E-state index is 12.2. The van der Waals surface area contributed by atoms with E-state index in [1.807, 2.05) is 0 Å². The monoisotopic (exact) mass is 230 g/mol. The fourth-order valence-corrected chi connectivity index (χ4v) is 1.22. The van der Waals surface area contributed by atoms with Crippen molar-refractivity contribution in [3.05, 3.63) is 29.9 Å². The zero-order valence-electron chi connectivity index (χ0n) is 7.31. The van der Waals surface area contributed by atoms with Crippen LogP contribution in [0.1, 0.15) is 6.55 Å². The molecule has 0 spiro atoms. The lowest BCUT2D eigenvalue weighted by Gasteiger charge is -1.96. The Labute approximate surface area is 88.5 Å². The molecule has 7 heteroatoms. The summed E-state index contributed by atoms with van der Waals surface area (Å²) in [6.45, 7) is -2.66. The Morgan fingerprint density at radius 1 is 1.40 bits per heavy atom. The number of alkyl halides is 2. The molecule has 0 aliphatic rings. The highest BCUT2D eigenvalue weighted by molar-refractivity contribution is 6.28. The van der Waals surface area contributed by atoms with Crippen LogP contribution in [0, 0.1) is 0 Å². The summed E-state index contributed by atoms with van der Waals surface area (Å²) in [5.74, 6) is 0. The fourth-order valence-electron chi connectivity index (χ4n) is 1.07. The number of halogens is 3. The molecule has 0 atom stereocenters. The number of nitrogens with zero attached hydrogens (tertiary/aromatic N) is 4. The number of rotatable bonds is 2. The van der Waals surface area contributed by atoms with Gasteiger partial charge in [0, 0.05) is 18.0 Å². The Kier molecular flexibility index (Phi) is 2.59. The van der Waals surface area contributed by atoms with Gasteiger partial charge in [-0.1, -0.05) is 0 Å². The van der Waals surface area contributed by atoms with E-state index in [9.17, 15) is 8.78 Å². The Morgan fingerprint density at radius 3 is 2.80 bits per heavy atom. The Morgan fingerprint density at radius 2 is 2.20 bits per heavy atom. The van der Waals surface area contributed by atoms with Gasteiger partial charge in [0.1, 0.15) is 0 Å². The van der Waals surface area contributed by atoms with E-state index < -0.39 is 6.55 Å². The maximum Gasteiger partial charge on any atom is 0.333 e. The second-order valence-electron chi connectivity index (χ2n) is 2.70. The zero-order chi connectivity index (χ0) is 10.8. The Hall–Kier alpha value is -1.56. The summed E-state index contributed by atoms with van der Waals surface area (Å²) in [7, 11) is 0. The van der Waals surface area contributed by atoms with Gasteiger partial charge in [-0.2, -0.15) is 13.9 Å².